The highest BCUT2D eigenvalue weighted by molar-refractivity contribution is 5.06. The van der Waals surface area contributed by atoms with Crippen LogP contribution in [0, 0.1) is 5.92 Å². The van der Waals surface area contributed by atoms with Crippen molar-refractivity contribution < 1.29 is 9.84 Å². The Kier molecular flexibility index (Phi) is 4.78. The van der Waals surface area contributed by atoms with Crippen molar-refractivity contribution in [3.63, 3.8) is 0 Å². The highest BCUT2D eigenvalue weighted by Gasteiger charge is 2.55. The Balaban J connectivity index is 2.28. The largest absolute Gasteiger partial charge is 0.391 e. The first kappa shape index (κ1) is 17.2. The lowest BCUT2D eigenvalue weighted by molar-refractivity contribution is -0.116. The molecule has 124 valence electrons. The molecule has 2 saturated heterocycles. The van der Waals surface area contributed by atoms with Gasteiger partial charge in [0.15, 0.2) is 0 Å². The van der Waals surface area contributed by atoms with Gasteiger partial charge in [-0.15, -0.1) is 0 Å². The van der Waals surface area contributed by atoms with Gasteiger partial charge in [-0.25, -0.2) is 0 Å². The van der Waals surface area contributed by atoms with Gasteiger partial charge in [0.1, 0.15) is 0 Å². The van der Waals surface area contributed by atoms with Crippen LogP contribution in [-0.4, -0.2) is 45.9 Å². The van der Waals surface area contributed by atoms with Crippen molar-refractivity contribution in [3.05, 3.63) is 0 Å². The van der Waals surface area contributed by atoms with Crippen LogP contribution in [0.1, 0.15) is 73.6 Å². The van der Waals surface area contributed by atoms with Crippen LogP contribution in [0.5, 0.6) is 0 Å². The molecule has 0 saturated carbocycles. The molecule has 2 aliphatic rings. The van der Waals surface area contributed by atoms with E-state index in [2.05, 4.69) is 46.4 Å². The van der Waals surface area contributed by atoms with Crippen LogP contribution in [0.15, 0.2) is 0 Å². The number of ether oxygens (including phenoxy) is 1. The fraction of sp³-hybridized carbons (Fsp3) is 1.00. The number of aliphatic hydroxyl groups excluding tert-OH is 1. The Morgan fingerprint density at radius 1 is 1.14 bits per heavy atom. The molecule has 21 heavy (non-hydrogen) atoms. The molecule has 0 aromatic carbocycles. The summed E-state index contributed by atoms with van der Waals surface area (Å²) in [4.78, 5) is 2.55. The van der Waals surface area contributed by atoms with Crippen molar-refractivity contribution in [2.75, 3.05) is 13.1 Å². The minimum Gasteiger partial charge on any atom is -0.391 e. The van der Waals surface area contributed by atoms with Gasteiger partial charge in [-0.3, -0.25) is 4.90 Å². The minimum atomic E-state index is -0.317. The first-order valence-electron chi connectivity index (χ1n) is 8.82. The van der Waals surface area contributed by atoms with E-state index in [-0.39, 0.29) is 28.8 Å². The zero-order chi connectivity index (χ0) is 15.9. The van der Waals surface area contributed by atoms with Gasteiger partial charge in [0.2, 0.25) is 0 Å². The van der Waals surface area contributed by atoms with Gasteiger partial charge in [0.25, 0.3) is 0 Å². The summed E-state index contributed by atoms with van der Waals surface area (Å²) in [6.45, 7) is 15.3. The third-order valence-electron chi connectivity index (χ3n) is 6.04. The Morgan fingerprint density at radius 3 is 2.05 bits per heavy atom. The summed E-state index contributed by atoms with van der Waals surface area (Å²) in [7, 11) is 0. The summed E-state index contributed by atoms with van der Waals surface area (Å²) < 4.78 is 6.24. The predicted molar refractivity (Wildman–Crippen MR) is 87.5 cm³/mol. The van der Waals surface area contributed by atoms with Crippen LogP contribution in [0.2, 0.25) is 0 Å². The monoisotopic (exact) mass is 297 g/mol. The smallest absolute Gasteiger partial charge is 0.0780 e. The standard InChI is InChI=1S/C18H35NO2/c1-7-18(8-2,19-11-9-10-12-19)15(20)14-13-16(3,4)21-17(14,5)6/h14-15,20H,7-13H2,1-6H3. The second kappa shape index (κ2) is 5.82. The van der Waals surface area contributed by atoms with Crippen LogP contribution in [-0.2, 0) is 4.74 Å². The Labute approximate surface area is 131 Å². The maximum Gasteiger partial charge on any atom is 0.0780 e. The van der Waals surface area contributed by atoms with Gasteiger partial charge in [0.05, 0.1) is 17.3 Å². The second-order valence-electron chi connectivity index (χ2n) is 8.23. The van der Waals surface area contributed by atoms with Crippen LogP contribution >= 0.6 is 0 Å². The maximum atomic E-state index is 11.4. The molecule has 2 aliphatic heterocycles. The van der Waals surface area contributed by atoms with Gasteiger partial charge in [-0.2, -0.15) is 0 Å². The molecule has 0 radical (unpaired) electrons. The summed E-state index contributed by atoms with van der Waals surface area (Å²) in [6.07, 6.45) is 5.18. The van der Waals surface area contributed by atoms with Crippen LogP contribution < -0.4 is 0 Å². The third-order valence-corrected chi connectivity index (χ3v) is 6.04. The number of hydrogen-bond acceptors (Lipinski definition) is 3. The summed E-state index contributed by atoms with van der Waals surface area (Å²) in [5.74, 6) is 0.202. The van der Waals surface area contributed by atoms with Crippen molar-refractivity contribution in [2.24, 2.45) is 5.92 Å². The van der Waals surface area contributed by atoms with Crippen molar-refractivity contribution in [2.45, 2.75) is 96.5 Å². The Morgan fingerprint density at radius 2 is 1.67 bits per heavy atom. The zero-order valence-corrected chi connectivity index (χ0v) is 14.9. The number of aliphatic hydroxyl groups is 1. The molecule has 2 atom stereocenters. The van der Waals surface area contributed by atoms with E-state index in [1.807, 2.05) is 0 Å². The average molecular weight is 297 g/mol. The molecule has 2 fully saturated rings. The van der Waals surface area contributed by atoms with Crippen molar-refractivity contribution >= 4 is 0 Å². The molecule has 2 rings (SSSR count). The van der Waals surface area contributed by atoms with E-state index in [0.29, 0.717) is 0 Å². The van der Waals surface area contributed by atoms with E-state index in [0.717, 1.165) is 32.4 Å². The lowest BCUT2D eigenvalue weighted by atomic mass is 9.72. The molecule has 2 heterocycles. The summed E-state index contributed by atoms with van der Waals surface area (Å²) in [6, 6.07) is 0. The van der Waals surface area contributed by atoms with E-state index >= 15 is 0 Å². The quantitative estimate of drug-likeness (QED) is 0.841. The second-order valence-corrected chi connectivity index (χ2v) is 8.23. The number of hydrogen-bond donors (Lipinski definition) is 1. The molecule has 0 bridgehead atoms. The Bertz CT molecular complexity index is 354. The van der Waals surface area contributed by atoms with Crippen LogP contribution in [0.3, 0.4) is 0 Å². The number of likely N-dealkylation sites (tertiary alicyclic amines) is 1. The summed E-state index contributed by atoms with van der Waals surface area (Å²) in [5, 5.41) is 11.4. The third kappa shape index (κ3) is 3.02. The first-order valence-corrected chi connectivity index (χ1v) is 8.82. The average Bonchev–Trinajstić information content (AvgIpc) is 2.97. The van der Waals surface area contributed by atoms with E-state index < -0.39 is 0 Å². The van der Waals surface area contributed by atoms with Gasteiger partial charge >= 0.3 is 0 Å². The first-order chi connectivity index (χ1) is 9.68. The van der Waals surface area contributed by atoms with Gasteiger partial charge < -0.3 is 9.84 Å². The molecule has 1 N–H and O–H groups in total. The van der Waals surface area contributed by atoms with Crippen LogP contribution in [0.25, 0.3) is 0 Å². The van der Waals surface area contributed by atoms with Crippen LogP contribution in [0.4, 0.5) is 0 Å². The van der Waals surface area contributed by atoms with Crippen molar-refractivity contribution in [1.82, 2.24) is 4.90 Å². The van der Waals surface area contributed by atoms with Crippen molar-refractivity contribution in [1.29, 1.82) is 0 Å². The number of nitrogens with zero attached hydrogens (tertiary/aromatic N) is 1. The minimum absolute atomic E-state index is 0.0811. The topological polar surface area (TPSA) is 32.7 Å². The van der Waals surface area contributed by atoms with E-state index in [1.54, 1.807) is 0 Å². The fourth-order valence-corrected chi connectivity index (χ4v) is 4.94. The van der Waals surface area contributed by atoms with E-state index in [4.69, 9.17) is 4.74 Å². The molecule has 0 aromatic heterocycles. The molecule has 0 spiro atoms. The molecule has 2 unspecified atom stereocenters. The molecule has 0 amide bonds. The lowest BCUT2D eigenvalue weighted by Gasteiger charge is -2.48. The lowest BCUT2D eigenvalue weighted by Crippen LogP contribution is -2.59. The molecule has 0 aromatic rings. The SMILES string of the molecule is CCC(CC)(C(O)C1CC(C)(C)OC1(C)C)N1CCCC1. The molecule has 3 nitrogen and oxygen atoms in total. The van der Waals surface area contributed by atoms with Gasteiger partial charge in [-0.1, -0.05) is 13.8 Å². The summed E-state index contributed by atoms with van der Waals surface area (Å²) in [5.41, 5.74) is -0.464. The Hall–Kier alpha value is -0.120. The molecule has 0 aliphatic carbocycles. The molecule has 3 heteroatoms. The highest BCUT2D eigenvalue weighted by Crippen LogP contribution is 2.48. The molecular weight excluding hydrogens is 262 g/mol. The van der Waals surface area contributed by atoms with E-state index in [1.165, 1.54) is 12.8 Å². The van der Waals surface area contributed by atoms with E-state index in [9.17, 15) is 5.11 Å². The van der Waals surface area contributed by atoms with Gasteiger partial charge in [-0.05, 0) is 72.9 Å². The van der Waals surface area contributed by atoms with Gasteiger partial charge in [0, 0.05) is 11.5 Å². The van der Waals surface area contributed by atoms with Crippen molar-refractivity contribution in [3.8, 4) is 0 Å². The normalized spacial score (nSPS) is 30.7. The molecular formula is C18H35NO2. The predicted octanol–water partition coefficient (Wildman–Crippen LogP) is 3.60. The fourth-order valence-electron chi connectivity index (χ4n) is 4.94. The number of rotatable bonds is 5. The zero-order valence-electron chi connectivity index (χ0n) is 14.9. The maximum absolute atomic E-state index is 11.4. The summed E-state index contributed by atoms with van der Waals surface area (Å²) >= 11 is 0. The highest BCUT2D eigenvalue weighted by atomic mass is 16.5.